The highest BCUT2D eigenvalue weighted by atomic mass is 19.1. The van der Waals surface area contributed by atoms with Crippen LogP contribution in [0.4, 0.5) is 8.78 Å². The molecule has 0 aromatic heterocycles. The number of allylic oxidation sites excluding steroid dienone is 8. The van der Waals surface area contributed by atoms with Gasteiger partial charge in [-0.25, -0.2) is 8.78 Å². The Labute approximate surface area is 96.4 Å². The third-order valence-corrected chi connectivity index (χ3v) is 1.92. The summed E-state index contributed by atoms with van der Waals surface area (Å²) in [6.07, 6.45) is 4.13. The van der Waals surface area contributed by atoms with Crippen LogP contribution in [-0.4, -0.2) is 6.17 Å². The van der Waals surface area contributed by atoms with E-state index < -0.39 is 12.0 Å². The van der Waals surface area contributed by atoms with Gasteiger partial charge in [0.15, 0.2) is 0 Å². The Hall–Kier alpha value is -1.44. The normalized spacial score (nSPS) is 14.3. The highest BCUT2D eigenvalue weighted by Gasteiger charge is 2.13. The van der Waals surface area contributed by atoms with Crippen LogP contribution in [0.5, 0.6) is 0 Å². The first-order valence-corrected chi connectivity index (χ1v) is 5.07. The molecule has 0 nitrogen and oxygen atoms in total. The maximum Gasteiger partial charge on any atom is 0.143 e. The van der Waals surface area contributed by atoms with Crippen molar-refractivity contribution in [1.29, 1.82) is 0 Å². The third-order valence-electron chi connectivity index (χ3n) is 1.92. The summed E-state index contributed by atoms with van der Waals surface area (Å²) in [5.74, 6) is -0.507. The fraction of sp³-hybridized carbons (Fsp3) is 0.286. The van der Waals surface area contributed by atoms with E-state index in [9.17, 15) is 8.78 Å². The van der Waals surface area contributed by atoms with Gasteiger partial charge in [-0.2, -0.15) is 0 Å². The maximum absolute atomic E-state index is 13.6. The largest absolute Gasteiger partial charge is 0.238 e. The van der Waals surface area contributed by atoms with E-state index in [-0.39, 0.29) is 11.1 Å². The van der Waals surface area contributed by atoms with E-state index in [1.54, 1.807) is 26.8 Å². The molecule has 0 saturated heterocycles. The quantitative estimate of drug-likeness (QED) is 0.463. The zero-order valence-electron chi connectivity index (χ0n) is 10.1. The van der Waals surface area contributed by atoms with Crippen molar-refractivity contribution in [3.8, 4) is 0 Å². The number of hydrogen-bond acceptors (Lipinski definition) is 0. The van der Waals surface area contributed by atoms with E-state index in [0.717, 1.165) is 5.57 Å². The lowest BCUT2D eigenvalue weighted by molar-refractivity contribution is 0.452. The van der Waals surface area contributed by atoms with Crippen LogP contribution in [0.15, 0.2) is 60.0 Å². The predicted molar refractivity (Wildman–Crippen MR) is 66.6 cm³/mol. The molecule has 2 heteroatoms. The van der Waals surface area contributed by atoms with Crippen molar-refractivity contribution in [3.05, 3.63) is 60.0 Å². The lowest BCUT2D eigenvalue weighted by atomic mass is 10.0. The van der Waals surface area contributed by atoms with Gasteiger partial charge in [0.1, 0.15) is 12.0 Å². The molecule has 1 atom stereocenters. The van der Waals surface area contributed by atoms with Crippen molar-refractivity contribution in [2.45, 2.75) is 26.9 Å². The van der Waals surface area contributed by atoms with Crippen LogP contribution in [0.2, 0.25) is 0 Å². The van der Waals surface area contributed by atoms with Crippen molar-refractivity contribution in [1.82, 2.24) is 0 Å². The lowest BCUT2D eigenvalue weighted by Crippen LogP contribution is -2.02. The Morgan fingerprint density at radius 1 is 1.31 bits per heavy atom. The molecule has 0 radical (unpaired) electrons. The molecular weight excluding hydrogens is 206 g/mol. The zero-order valence-corrected chi connectivity index (χ0v) is 10.1. The van der Waals surface area contributed by atoms with E-state index in [1.807, 2.05) is 0 Å². The van der Waals surface area contributed by atoms with Gasteiger partial charge in [0.25, 0.3) is 0 Å². The maximum atomic E-state index is 13.6. The molecule has 16 heavy (non-hydrogen) atoms. The van der Waals surface area contributed by atoms with Gasteiger partial charge in [-0.1, -0.05) is 37.0 Å². The van der Waals surface area contributed by atoms with Crippen molar-refractivity contribution < 1.29 is 8.78 Å². The van der Waals surface area contributed by atoms with Crippen molar-refractivity contribution in [3.63, 3.8) is 0 Å². The van der Waals surface area contributed by atoms with Crippen molar-refractivity contribution in [2.24, 2.45) is 0 Å². The molecule has 0 amide bonds. The fourth-order valence-corrected chi connectivity index (χ4v) is 1.15. The first kappa shape index (κ1) is 14.6. The Balaban J connectivity index is 5.22. The van der Waals surface area contributed by atoms with Crippen LogP contribution in [0, 0.1) is 0 Å². The monoisotopic (exact) mass is 224 g/mol. The highest BCUT2D eigenvalue weighted by molar-refractivity contribution is 5.46. The molecule has 0 aliphatic carbocycles. The number of hydrogen-bond donors (Lipinski definition) is 0. The molecule has 0 bridgehead atoms. The summed E-state index contributed by atoms with van der Waals surface area (Å²) in [6, 6.07) is 0. The summed E-state index contributed by atoms with van der Waals surface area (Å²) in [6.45, 7) is 12.3. The number of halogens is 2. The highest BCUT2D eigenvalue weighted by Crippen LogP contribution is 2.23. The minimum Gasteiger partial charge on any atom is -0.238 e. The summed E-state index contributed by atoms with van der Waals surface area (Å²) in [5.41, 5.74) is 1.00. The number of rotatable bonds is 5. The van der Waals surface area contributed by atoms with E-state index >= 15 is 0 Å². The Morgan fingerprint density at radius 2 is 1.88 bits per heavy atom. The van der Waals surface area contributed by atoms with Crippen LogP contribution in [0.3, 0.4) is 0 Å². The molecule has 0 aromatic rings. The molecular formula is C14H18F2. The van der Waals surface area contributed by atoms with E-state index in [2.05, 4.69) is 13.2 Å². The molecule has 0 aliphatic rings. The lowest BCUT2D eigenvalue weighted by Gasteiger charge is -2.09. The van der Waals surface area contributed by atoms with Crippen molar-refractivity contribution in [2.75, 3.05) is 0 Å². The summed E-state index contributed by atoms with van der Waals surface area (Å²) in [4.78, 5) is 0. The molecule has 0 heterocycles. The zero-order chi connectivity index (χ0) is 12.7. The third kappa shape index (κ3) is 4.39. The SMILES string of the molecule is C=CC(C(=C)C(F)C=CC)=C(F)C=C(C)C. The summed E-state index contributed by atoms with van der Waals surface area (Å²) in [7, 11) is 0. The average Bonchev–Trinajstić information content (AvgIpc) is 2.17. The summed E-state index contributed by atoms with van der Waals surface area (Å²) < 4.78 is 27.1. The first-order valence-electron chi connectivity index (χ1n) is 5.07. The molecule has 0 saturated carbocycles. The summed E-state index contributed by atoms with van der Waals surface area (Å²) >= 11 is 0. The number of alkyl halides is 1. The van der Waals surface area contributed by atoms with Crippen LogP contribution in [0.1, 0.15) is 20.8 Å². The first-order chi connectivity index (χ1) is 7.43. The summed E-state index contributed by atoms with van der Waals surface area (Å²) in [5, 5.41) is 0. The molecule has 0 aliphatic heterocycles. The van der Waals surface area contributed by atoms with Gasteiger partial charge in [-0.3, -0.25) is 0 Å². The topological polar surface area (TPSA) is 0 Å². The molecule has 0 spiro atoms. The van der Waals surface area contributed by atoms with E-state index in [1.165, 1.54) is 18.2 Å². The molecule has 0 N–H and O–H groups in total. The van der Waals surface area contributed by atoms with Crippen LogP contribution in [-0.2, 0) is 0 Å². The Morgan fingerprint density at radius 3 is 2.25 bits per heavy atom. The van der Waals surface area contributed by atoms with E-state index in [4.69, 9.17) is 0 Å². The van der Waals surface area contributed by atoms with Crippen molar-refractivity contribution >= 4 is 0 Å². The van der Waals surface area contributed by atoms with Gasteiger partial charge in [0.2, 0.25) is 0 Å². The second kappa shape index (κ2) is 6.94. The second-order valence-corrected chi connectivity index (χ2v) is 3.64. The van der Waals surface area contributed by atoms with Gasteiger partial charge in [-0.15, -0.1) is 0 Å². The second-order valence-electron chi connectivity index (χ2n) is 3.64. The fourth-order valence-electron chi connectivity index (χ4n) is 1.15. The van der Waals surface area contributed by atoms with Gasteiger partial charge in [-0.05, 0) is 32.4 Å². The standard InChI is InChI=1S/C14H18F2/c1-6-8-13(15)11(5)12(7-2)14(16)9-10(3)4/h6-9,13H,2,5H2,1,3-4H3. The predicted octanol–water partition coefficient (Wildman–Crippen LogP) is 4.83. The van der Waals surface area contributed by atoms with Crippen LogP contribution < -0.4 is 0 Å². The molecule has 1 unspecified atom stereocenters. The van der Waals surface area contributed by atoms with Gasteiger partial charge in [0.05, 0.1) is 0 Å². The molecule has 0 rings (SSSR count). The Kier molecular flexibility index (Phi) is 6.31. The van der Waals surface area contributed by atoms with Crippen LogP contribution >= 0.6 is 0 Å². The van der Waals surface area contributed by atoms with E-state index in [0.29, 0.717) is 0 Å². The molecule has 0 aromatic carbocycles. The van der Waals surface area contributed by atoms with Gasteiger partial charge >= 0.3 is 0 Å². The minimum absolute atomic E-state index is 0.0862. The Bertz CT molecular complexity index is 353. The minimum atomic E-state index is -1.38. The van der Waals surface area contributed by atoms with Gasteiger partial charge in [0, 0.05) is 5.57 Å². The van der Waals surface area contributed by atoms with Crippen LogP contribution in [0.25, 0.3) is 0 Å². The molecule has 88 valence electrons. The average molecular weight is 224 g/mol. The molecule has 0 fully saturated rings. The smallest absolute Gasteiger partial charge is 0.143 e. The van der Waals surface area contributed by atoms with Gasteiger partial charge < -0.3 is 0 Å².